The van der Waals surface area contributed by atoms with Crippen LogP contribution in [0.5, 0.6) is 0 Å². The van der Waals surface area contributed by atoms with Crippen LogP contribution in [-0.2, 0) is 16.6 Å². The minimum atomic E-state index is -3.67. The molecule has 11 heteroatoms. The molecule has 0 radical (unpaired) electrons. The van der Waals surface area contributed by atoms with Gasteiger partial charge in [0.1, 0.15) is 19.5 Å². The molecule has 35 heavy (non-hydrogen) atoms. The van der Waals surface area contributed by atoms with Gasteiger partial charge in [-0.05, 0) is 60.6 Å². The Bertz CT molecular complexity index is 1470. The quantitative estimate of drug-likeness (QED) is 0.414. The third-order valence-electron chi connectivity index (χ3n) is 6.50. The maximum atomic E-state index is 13.6. The van der Waals surface area contributed by atoms with Gasteiger partial charge in [-0.1, -0.05) is 6.07 Å². The first-order valence-electron chi connectivity index (χ1n) is 11.6. The largest absolute Gasteiger partial charge is 0.366 e. The van der Waals surface area contributed by atoms with Gasteiger partial charge < -0.3 is 5.32 Å². The molecule has 1 saturated heterocycles. The lowest BCUT2D eigenvalue weighted by Gasteiger charge is -2.31. The minimum Gasteiger partial charge on any atom is -0.366 e. The monoisotopic (exact) mass is 492 g/mol. The van der Waals surface area contributed by atoms with Crippen LogP contribution in [0, 0.1) is 12.7 Å². The molecule has 0 saturated carbocycles. The number of nitrogens with zero attached hydrogens (tertiary/aromatic N) is 5. The summed E-state index contributed by atoms with van der Waals surface area (Å²) in [6.45, 7) is 2.93. The predicted octanol–water partition coefficient (Wildman–Crippen LogP) is 2.01. The van der Waals surface area contributed by atoms with Crippen LogP contribution in [0.4, 0.5) is 10.2 Å². The van der Waals surface area contributed by atoms with Crippen LogP contribution in [-0.4, -0.2) is 53.2 Å². The number of nitrogens with one attached hydrogen (secondary N) is 1. The number of sulfonamides is 1. The fourth-order valence-corrected chi connectivity index (χ4v) is 6.00. The number of benzene rings is 1. The van der Waals surface area contributed by atoms with Crippen molar-refractivity contribution in [2.75, 3.05) is 18.4 Å². The third kappa shape index (κ3) is 4.65. The molecular formula is C24H26BFN6O2S. The molecular weight excluding hydrogens is 466 g/mol. The summed E-state index contributed by atoms with van der Waals surface area (Å²) in [6.07, 6.45) is 6.66. The molecule has 0 spiro atoms. The van der Waals surface area contributed by atoms with Crippen molar-refractivity contribution in [2.24, 2.45) is 0 Å². The van der Waals surface area contributed by atoms with E-state index in [2.05, 4.69) is 15.4 Å². The number of hydrogen-bond acceptors (Lipinski definition) is 6. The second kappa shape index (κ2) is 9.39. The molecule has 1 N–H and O–H groups in total. The zero-order chi connectivity index (χ0) is 24.6. The fraction of sp³-hybridized carbons (Fsp3) is 0.292. The van der Waals surface area contributed by atoms with Crippen LogP contribution < -0.4 is 10.8 Å². The maximum Gasteiger partial charge on any atom is 0.243 e. The Morgan fingerprint density at radius 2 is 1.97 bits per heavy atom. The van der Waals surface area contributed by atoms with Crippen molar-refractivity contribution in [3.63, 3.8) is 0 Å². The van der Waals surface area contributed by atoms with Crippen LogP contribution in [0.2, 0.25) is 0 Å². The number of pyridine rings is 1. The highest BCUT2D eigenvalue weighted by Gasteiger charge is 2.31. The molecule has 1 aliphatic rings. The van der Waals surface area contributed by atoms with E-state index in [1.807, 2.05) is 32.2 Å². The summed E-state index contributed by atoms with van der Waals surface area (Å²) in [6, 6.07) is 9.86. The van der Waals surface area contributed by atoms with E-state index < -0.39 is 15.8 Å². The Morgan fingerprint density at radius 1 is 1.17 bits per heavy atom. The van der Waals surface area contributed by atoms with E-state index in [-0.39, 0.29) is 10.8 Å². The topological polar surface area (TPSA) is 92.5 Å². The number of aryl methyl sites for hydroxylation is 1. The van der Waals surface area contributed by atoms with Crippen molar-refractivity contribution in [3.8, 4) is 0 Å². The SMILES string of the molecule is Bc1cnn2c(NCc3cccnc3)cc(C3CCN(S(=O)(=O)c4ccc(F)c(C)c4)CC3)nc12. The molecule has 0 bridgehead atoms. The first-order valence-corrected chi connectivity index (χ1v) is 13.0. The van der Waals surface area contributed by atoms with Crippen LogP contribution in [0.25, 0.3) is 5.65 Å². The van der Waals surface area contributed by atoms with Gasteiger partial charge in [-0.2, -0.15) is 13.9 Å². The van der Waals surface area contributed by atoms with Gasteiger partial charge in [0.05, 0.1) is 4.90 Å². The van der Waals surface area contributed by atoms with E-state index in [0.717, 1.165) is 28.2 Å². The van der Waals surface area contributed by atoms with Gasteiger partial charge in [-0.3, -0.25) is 4.98 Å². The van der Waals surface area contributed by atoms with E-state index in [1.165, 1.54) is 22.5 Å². The second-order valence-electron chi connectivity index (χ2n) is 8.93. The number of aromatic nitrogens is 4. The number of anilines is 1. The highest BCUT2D eigenvalue weighted by Crippen LogP contribution is 2.31. The molecule has 3 aromatic heterocycles. The molecule has 1 fully saturated rings. The molecule has 0 amide bonds. The zero-order valence-corrected chi connectivity index (χ0v) is 20.5. The zero-order valence-electron chi connectivity index (χ0n) is 19.6. The first kappa shape index (κ1) is 23.4. The summed E-state index contributed by atoms with van der Waals surface area (Å²) in [5, 5.41) is 7.91. The average molecular weight is 492 g/mol. The van der Waals surface area contributed by atoms with Crippen molar-refractivity contribution in [1.82, 2.24) is 23.9 Å². The van der Waals surface area contributed by atoms with Crippen molar-refractivity contribution >= 4 is 34.8 Å². The van der Waals surface area contributed by atoms with E-state index in [1.54, 1.807) is 23.8 Å². The Hall–Kier alpha value is -3.31. The Balaban J connectivity index is 1.36. The van der Waals surface area contributed by atoms with Gasteiger partial charge in [-0.15, -0.1) is 0 Å². The number of rotatable bonds is 6. The van der Waals surface area contributed by atoms with Crippen molar-refractivity contribution < 1.29 is 12.8 Å². The van der Waals surface area contributed by atoms with Crippen LogP contribution in [0.3, 0.4) is 0 Å². The van der Waals surface area contributed by atoms with Crippen LogP contribution in [0.15, 0.2) is 59.9 Å². The molecule has 1 aromatic carbocycles. The lowest BCUT2D eigenvalue weighted by atomic mass is 9.94. The highest BCUT2D eigenvalue weighted by atomic mass is 32.2. The normalized spacial score (nSPS) is 15.5. The summed E-state index contributed by atoms with van der Waals surface area (Å²) < 4.78 is 43.1. The van der Waals surface area contributed by atoms with Gasteiger partial charge in [0.25, 0.3) is 0 Å². The molecule has 0 unspecified atom stereocenters. The summed E-state index contributed by atoms with van der Waals surface area (Å²) in [7, 11) is -1.70. The van der Waals surface area contributed by atoms with Crippen LogP contribution in [0.1, 0.15) is 35.6 Å². The molecule has 180 valence electrons. The summed E-state index contributed by atoms with van der Waals surface area (Å²) in [5.74, 6) is 0.542. The lowest BCUT2D eigenvalue weighted by molar-refractivity contribution is 0.317. The molecule has 0 atom stereocenters. The van der Waals surface area contributed by atoms with Crippen molar-refractivity contribution in [3.05, 3.63) is 77.6 Å². The Labute approximate surface area is 204 Å². The van der Waals surface area contributed by atoms with Crippen LogP contribution >= 0.6 is 0 Å². The molecule has 0 aliphatic carbocycles. The maximum absolute atomic E-state index is 13.6. The van der Waals surface area contributed by atoms with Gasteiger partial charge in [0, 0.05) is 55.9 Å². The molecule has 1 aliphatic heterocycles. The molecule has 4 heterocycles. The third-order valence-corrected chi connectivity index (χ3v) is 8.40. The average Bonchev–Trinajstić information content (AvgIpc) is 3.25. The number of fused-ring (bicyclic) bond motifs is 1. The minimum absolute atomic E-state index is 0.120. The van der Waals surface area contributed by atoms with Gasteiger partial charge in [0.2, 0.25) is 10.0 Å². The first-order chi connectivity index (χ1) is 16.8. The summed E-state index contributed by atoms with van der Waals surface area (Å²) in [4.78, 5) is 9.18. The number of halogens is 1. The lowest BCUT2D eigenvalue weighted by Crippen LogP contribution is -2.38. The number of piperidine rings is 1. The van der Waals surface area contributed by atoms with E-state index in [0.29, 0.717) is 38.0 Å². The van der Waals surface area contributed by atoms with E-state index in [9.17, 15) is 12.8 Å². The Morgan fingerprint density at radius 3 is 2.69 bits per heavy atom. The van der Waals surface area contributed by atoms with Crippen molar-refractivity contribution in [1.29, 1.82) is 0 Å². The van der Waals surface area contributed by atoms with Gasteiger partial charge in [-0.25, -0.2) is 17.8 Å². The van der Waals surface area contributed by atoms with E-state index >= 15 is 0 Å². The molecule has 8 nitrogen and oxygen atoms in total. The number of hydrogen-bond donors (Lipinski definition) is 1. The summed E-state index contributed by atoms with van der Waals surface area (Å²) in [5.41, 5.74) is 4.05. The van der Waals surface area contributed by atoms with Gasteiger partial charge in [0.15, 0.2) is 5.65 Å². The van der Waals surface area contributed by atoms with Crippen molar-refractivity contribution in [2.45, 2.75) is 37.1 Å². The highest BCUT2D eigenvalue weighted by molar-refractivity contribution is 7.89. The molecule has 5 rings (SSSR count). The fourth-order valence-electron chi connectivity index (χ4n) is 4.44. The Kier molecular flexibility index (Phi) is 6.29. The summed E-state index contributed by atoms with van der Waals surface area (Å²) >= 11 is 0. The molecule has 4 aromatic rings. The smallest absolute Gasteiger partial charge is 0.243 e. The van der Waals surface area contributed by atoms with E-state index in [4.69, 9.17) is 4.98 Å². The standard InChI is InChI=1S/C24H26BFN6O2S/c1-16-11-19(4-5-21(16)26)35(33,34)31-9-6-18(7-10-31)22-12-23(28-14-17-3-2-8-27-13-17)32-24(30-22)20(25)15-29-32/h2-5,8,11-13,15,18,28H,6-7,9-10,14,25H2,1H3. The predicted molar refractivity (Wildman–Crippen MR) is 135 cm³/mol. The second-order valence-corrected chi connectivity index (χ2v) is 10.9. The van der Waals surface area contributed by atoms with Gasteiger partial charge >= 0.3 is 0 Å².